The molecule has 8 nitrogen and oxygen atoms in total. The van der Waals surface area contributed by atoms with Crippen LogP contribution in [0.4, 0.5) is 5.82 Å². The van der Waals surface area contributed by atoms with E-state index in [1.807, 2.05) is 12.3 Å². The number of rotatable bonds is 6. The monoisotopic (exact) mass is 394 g/mol. The van der Waals surface area contributed by atoms with Gasteiger partial charge in [-0.1, -0.05) is 6.07 Å². The number of ether oxygens (including phenoxy) is 1. The van der Waals surface area contributed by atoms with E-state index in [4.69, 9.17) is 4.74 Å². The minimum absolute atomic E-state index is 0.242. The molecule has 1 aliphatic carbocycles. The molecule has 0 spiro atoms. The summed E-state index contributed by atoms with van der Waals surface area (Å²) in [5.41, 5.74) is 4.58. The molecule has 3 aromatic heterocycles. The van der Waals surface area contributed by atoms with Crippen LogP contribution in [0.25, 0.3) is 0 Å². The number of hydrogen-bond acceptors (Lipinski definition) is 5. The molecule has 2 atom stereocenters. The average molecular weight is 394 g/mol. The van der Waals surface area contributed by atoms with Gasteiger partial charge in [0.2, 0.25) is 0 Å². The van der Waals surface area contributed by atoms with Gasteiger partial charge < -0.3 is 10.1 Å². The zero-order chi connectivity index (χ0) is 20.4. The molecule has 3 aromatic rings. The molecule has 0 aliphatic heterocycles. The number of methoxy groups -OCH3 is 1. The van der Waals surface area contributed by atoms with Crippen molar-refractivity contribution in [3.8, 4) is 0 Å². The number of carbonyl (C=O) groups excluding carboxylic acids is 1. The number of nitrogens with one attached hydrogen (secondary N) is 2. The van der Waals surface area contributed by atoms with Crippen LogP contribution in [0.15, 0.2) is 30.5 Å². The van der Waals surface area contributed by atoms with Crippen molar-refractivity contribution in [2.75, 3.05) is 12.4 Å². The topological polar surface area (TPSA) is 97.7 Å². The Morgan fingerprint density at radius 1 is 1.31 bits per heavy atom. The first kappa shape index (κ1) is 19.3. The second-order valence-corrected chi connectivity index (χ2v) is 7.71. The van der Waals surface area contributed by atoms with Crippen LogP contribution in [-0.4, -0.2) is 38.0 Å². The quantitative estimate of drug-likeness (QED) is 0.668. The molecule has 2 N–H and O–H groups in total. The molecule has 29 heavy (non-hydrogen) atoms. The molecule has 4 rings (SSSR count). The molecule has 0 saturated heterocycles. The summed E-state index contributed by atoms with van der Waals surface area (Å²) < 4.78 is 6.62. The van der Waals surface area contributed by atoms with Crippen molar-refractivity contribution in [3.63, 3.8) is 0 Å². The van der Waals surface area contributed by atoms with Crippen LogP contribution in [0, 0.1) is 6.92 Å². The van der Waals surface area contributed by atoms with Crippen molar-refractivity contribution in [1.29, 1.82) is 0 Å². The summed E-state index contributed by atoms with van der Waals surface area (Å²) in [6.07, 6.45) is 5.16. The number of amides is 1. The highest BCUT2D eigenvalue weighted by atomic mass is 16.5. The Kier molecular flexibility index (Phi) is 5.44. The van der Waals surface area contributed by atoms with Gasteiger partial charge in [-0.3, -0.25) is 19.6 Å². The minimum Gasteiger partial charge on any atom is -0.378 e. The van der Waals surface area contributed by atoms with Gasteiger partial charge in [-0.25, -0.2) is 0 Å². The third-order valence-corrected chi connectivity index (χ3v) is 5.52. The standard InChI is InChI=1S/C21H26N6O2/c1-13-4-7-17(22-11-13)14-5-6-15(8-14)18-10-20(25-24-18)23-21(28)19-9-16(12-29-3)26-27(19)2/h4,7,9-11,14-15H,5-6,8,12H2,1-3H3,(H2,23,24,25,28)/t14-,15+/m0/s1. The summed E-state index contributed by atoms with van der Waals surface area (Å²) in [6.45, 7) is 2.42. The summed E-state index contributed by atoms with van der Waals surface area (Å²) in [6, 6.07) is 7.91. The van der Waals surface area contributed by atoms with E-state index < -0.39 is 0 Å². The number of H-pyrrole nitrogens is 1. The maximum Gasteiger partial charge on any atom is 0.275 e. The second kappa shape index (κ2) is 8.16. The highest BCUT2D eigenvalue weighted by Crippen LogP contribution is 2.42. The average Bonchev–Trinajstić information content (AvgIpc) is 3.42. The Morgan fingerprint density at radius 3 is 2.90 bits per heavy atom. The van der Waals surface area contributed by atoms with Crippen LogP contribution < -0.4 is 5.32 Å². The molecular formula is C21H26N6O2. The first-order chi connectivity index (χ1) is 14.0. The summed E-state index contributed by atoms with van der Waals surface area (Å²) in [7, 11) is 3.34. The van der Waals surface area contributed by atoms with E-state index >= 15 is 0 Å². The van der Waals surface area contributed by atoms with E-state index in [2.05, 4.69) is 44.7 Å². The van der Waals surface area contributed by atoms with Crippen molar-refractivity contribution in [1.82, 2.24) is 25.0 Å². The lowest BCUT2D eigenvalue weighted by Crippen LogP contribution is -2.16. The van der Waals surface area contributed by atoms with Crippen molar-refractivity contribution >= 4 is 11.7 Å². The summed E-state index contributed by atoms with van der Waals surface area (Å²) in [4.78, 5) is 17.2. The number of hydrogen-bond donors (Lipinski definition) is 2. The molecule has 1 saturated carbocycles. The molecule has 0 bridgehead atoms. The smallest absolute Gasteiger partial charge is 0.275 e. The number of aromatic nitrogens is 5. The van der Waals surface area contributed by atoms with Crippen LogP contribution in [0.1, 0.15) is 64.2 Å². The molecular weight excluding hydrogens is 368 g/mol. The van der Waals surface area contributed by atoms with Gasteiger partial charge in [-0.2, -0.15) is 10.2 Å². The van der Waals surface area contributed by atoms with Crippen LogP contribution in [0.5, 0.6) is 0 Å². The van der Waals surface area contributed by atoms with E-state index in [1.54, 1.807) is 24.9 Å². The molecule has 0 radical (unpaired) electrons. The van der Waals surface area contributed by atoms with Gasteiger partial charge in [0, 0.05) is 49.6 Å². The predicted molar refractivity (Wildman–Crippen MR) is 109 cm³/mol. The predicted octanol–water partition coefficient (Wildman–Crippen LogP) is 3.30. The maximum absolute atomic E-state index is 12.6. The van der Waals surface area contributed by atoms with Crippen molar-refractivity contribution in [2.45, 2.75) is 44.6 Å². The van der Waals surface area contributed by atoms with Crippen LogP contribution in [-0.2, 0) is 18.4 Å². The van der Waals surface area contributed by atoms with Gasteiger partial charge >= 0.3 is 0 Å². The third kappa shape index (κ3) is 4.22. The molecule has 152 valence electrons. The molecule has 8 heteroatoms. The maximum atomic E-state index is 12.6. The lowest BCUT2D eigenvalue weighted by atomic mass is 9.99. The largest absolute Gasteiger partial charge is 0.378 e. The SMILES string of the molecule is COCc1cc(C(=O)Nc2cc([C@@H]3CC[C@H](c4ccc(C)cn4)C3)[nH]n2)n(C)n1. The molecule has 0 unspecified atom stereocenters. The Bertz CT molecular complexity index is 991. The van der Waals surface area contributed by atoms with E-state index in [9.17, 15) is 4.79 Å². The zero-order valence-electron chi connectivity index (χ0n) is 17.0. The van der Waals surface area contributed by atoms with Gasteiger partial charge in [0.15, 0.2) is 5.82 Å². The van der Waals surface area contributed by atoms with E-state index in [0.717, 1.165) is 30.7 Å². The number of carbonyl (C=O) groups is 1. The minimum atomic E-state index is -0.242. The molecule has 3 heterocycles. The Hall–Kier alpha value is -3.00. The Labute approximate surface area is 169 Å². The fraction of sp³-hybridized carbons (Fsp3) is 0.429. The van der Waals surface area contributed by atoms with Gasteiger partial charge in [0.25, 0.3) is 5.91 Å². The van der Waals surface area contributed by atoms with Crippen LogP contribution in [0.3, 0.4) is 0 Å². The Morgan fingerprint density at radius 2 is 2.14 bits per heavy atom. The summed E-state index contributed by atoms with van der Waals surface area (Å²) >= 11 is 0. The number of aromatic amines is 1. The number of pyridine rings is 1. The lowest BCUT2D eigenvalue weighted by molar-refractivity contribution is 0.101. The van der Waals surface area contributed by atoms with Crippen LogP contribution >= 0.6 is 0 Å². The fourth-order valence-electron chi connectivity index (χ4n) is 4.00. The molecule has 1 fully saturated rings. The number of aryl methyl sites for hydroxylation is 2. The third-order valence-electron chi connectivity index (χ3n) is 5.52. The van der Waals surface area contributed by atoms with Gasteiger partial charge in [0.1, 0.15) is 5.69 Å². The van der Waals surface area contributed by atoms with Gasteiger partial charge in [-0.05, 0) is 43.9 Å². The Balaban J connectivity index is 1.40. The number of anilines is 1. The van der Waals surface area contributed by atoms with Gasteiger partial charge in [-0.15, -0.1) is 0 Å². The fourth-order valence-corrected chi connectivity index (χ4v) is 4.00. The lowest BCUT2D eigenvalue weighted by Gasteiger charge is -2.10. The zero-order valence-corrected chi connectivity index (χ0v) is 17.0. The van der Waals surface area contributed by atoms with E-state index in [1.165, 1.54) is 5.56 Å². The highest BCUT2D eigenvalue weighted by Gasteiger charge is 2.29. The van der Waals surface area contributed by atoms with Crippen molar-refractivity contribution in [2.24, 2.45) is 7.05 Å². The molecule has 1 aliphatic rings. The van der Waals surface area contributed by atoms with Crippen molar-refractivity contribution < 1.29 is 9.53 Å². The normalized spacial score (nSPS) is 18.9. The summed E-state index contributed by atoms with van der Waals surface area (Å²) in [5.74, 6) is 1.15. The van der Waals surface area contributed by atoms with Gasteiger partial charge in [0.05, 0.1) is 12.3 Å². The molecule has 1 amide bonds. The molecule has 0 aromatic carbocycles. The summed E-state index contributed by atoms with van der Waals surface area (Å²) in [5, 5.41) is 14.5. The van der Waals surface area contributed by atoms with E-state index in [0.29, 0.717) is 35.6 Å². The second-order valence-electron chi connectivity index (χ2n) is 7.71. The van der Waals surface area contributed by atoms with Crippen molar-refractivity contribution in [3.05, 3.63) is 58.8 Å². The first-order valence-corrected chi connectivity index (χ1v) is 9.84. The van der Waals surface area contributed by atoms with Crippen LogP contribution in [0.2, 0.25) is 0 Å². The number of nitrogens with zero attached hydrogens (tertiary/aromatic N) is 4. The highest BCUT2D eigenvalue weighted by molar-refractivity contribution is 6.02. The van der Waals surface area contributed by atoms with E-state index in [-0.39, 0.29) is 5.91 Å². The first-order valence-electron chi connectivity index (χ1n) is 9.84.